The normalized spacial score (nSPS) is 9.62. The summed E-state index contributed by atoms with van der Waals surface area (Å²) >= 11 is 0. The Morgan fingerprint density at radius 1 is 1.38 bits per heavy atom. The maximum Gasteiger partial charge on any atom is 0.331 e. The summed E-state index contributed by atoms with van der Waals surface area (Å²) < 4.78 is 12.4. The van der Waals surface area contributed by atoms with Crippen LogP contribution in [-0.2, 0) is 11.2 Å². The molecule has 0 aliphatic rings. The zero-order chi connectivity index (χ0) is 9.84. The van der Waals surface area contributed by atoms with Crippen molar-refractivity contribution in [3.05, 3.63) is 47.8 Å². The van der Waals surface area contributed by atoms with Gasteiger partial charge in [0.1, 0.15) is 5.82 Å². The molecule has 0 radical (unpaired) electrons. The summed E-state index contributed by atoms with van der Waals surface area (Å²) in [6, 6.07) is 5.68. The minimum atomic E-state index is -1.02. The van der Waals surface area contributed by atoms with Gasteiger partial charge in [-0.05, 0) is 17.7 Å². The lowest BCUT2D eigenvalue weighted by atomic mass is 10.1. The van der Waals surface area contributed by atoms with Crippen LogP contribution < -0.4 is 0 Å². The molecule has 0 bridgehead atoms. The highest BCUT2D eigenvalue weighted by molar-refractivity contribution is 5.86. The van der Waals surface area contributed by atoms with Crippen molar-refractivity contribution >= 4 is 5.97 Å². The van der Waals surface area contributed by atoms with Crippen molar-refractivity contribution in [2.24, 2.45) is 0 Å². The number of halogens is 1. The first-order valence-electron chi connectivity index (χ1n) is 3.75. The third-order valence-corrected chi connectivity index (χ3v) is 1.63. The molecule has 0 spiro atoms. The number of carbonyl (C=O) groups is 1. The van der Waals surface area contributed by atoms with E-state index in [1.165, 1.54) is 12.1 Å². The minimum absolute atomic E-state index is 0.103. The van der Waals surface area contributed by atoms with E-state index in [0.29, 0.717) is 0 Å². The first-order chi connectivity index (χ1) is 6.09. The summed E-state index contributed by atoms with van der Waals surface area (Å²) in [5.41, 5.74) is 0.848. The van der Waals surface area contributed by atoms with E-state index in [0.717, 1.165) is 5.56 Å². The summed E-state index contributed by atoms with van der Waals surface area (Å²) in [5.74, 6) is -1.35. The summed E-state index contributed by atoms with van der Waals surface area (Å²) in [7, 11) is 0. The van der Waals surface area contributed by atoms with Gasteiger partial charge in [0.15, 0.2) is 0 Å². The quantitative estimate of drug-likeness (QED) is 0.722. The molecular weight excluding hydrogens is 171 g/mol. The molecule has 0 amide bonds. The maximum atomic E-state index is 12.4. The van der Waals surface area contributed by atoms with Crippen molar-refractivity contribution < 1.29 is 14.3 Å². The fourth-order valence-corrected chi connectivity index (χ4v) is 0.924. The van der Waals surface area contributed by atoms with Crippen LogP contribution in [0.4, 0.5) is 4.39 Å². The van der Waals surface area contributed by atoms with Crippen LogP contribution in [0.1, 0.15) is 5.56 Å². The van der Waals surface area contributed by atoms with Gasteiger partial charge < -0.3 is 5.11 Å². The molecule has 68 valence electrons. The van der Waals surface area contributed by atoms with Gasteiger partial charge in [0.2, 0.25) is 0 Å². The van der Waals surface area contributed by atoms with Crippen LogP contribution in [0.15, 0.2) is 36.4 Å². The molecule has 0 aromatic heterocycles. The average molecular weight is 180 g/mol. The standard InChI is InChI=1S/C10H9FO2/c1-7(10(12)13)6-8-2-4-9(11)5-3-8/h2-5H,1,6H2,(H,12,13). The van der Waals surface area contributed by atoms with Crippen LogP contribution >= 0.6 is 0 Å². The smallest absolute Gasteiger partial charge is 0.331 e. The SMILES string of the molecule is C=C(Cc1ccc(F)cc1)C(=O)O. The molecule has 0 heterocycles. The lowest BCUT2D eigenvalue weighted by Gasteiger charge is -1.99. The van der Waals surface area contributed by atoms with Gasteiger partial charge in [0.05, 0.1) is 0 Å². The Morgan fingerprint density at radius 3 is 2.38 bits per heavy atom. The van der Waals surface area contributed by atoms with Gasteiger partial charge in [-0.3, -0.25) is 0 Å². The largest absolute Gasteiger partial charge is 0.478 e. The Kier molecular flexibility index (Phi) is 2.80. The molecule has 0 atom stereocenters. The van der Waals surface area contributed by atoms with Gasteiger partial charge in [0, 0.05) is 12.0 Å². The lowest BCUT2D eigenvalue weighted by molar-refractivity contribution is -0.132. The average Bonchev–Trinajstić information content (AvgIpc) is 2.08. The van der Waals surface area contributed by atoms with Crippen LogP contribution in [0.3, 0.4) is 0 Å². The number of benzene rings is 1. The molecule has 1 rings (SSSR count). The van der Waals surface area contributed by atoms with Gasteiger partial charge in [-0.25, -0.2) is 9.18 Å². The Hall–Kier alpha value is -1.64. The third-order valence-electron chi connectivity index (χ3n) is 1.63. The van der Waals surface area contributed by atoms with Crippen molar-refractivity contribution in [2.45, 2.75) is 6.42 Å². The molecule has 0 unspecified atom stereocenters. The van der Waals surface area contributed by atoms with E-state index < -0.39 is 5.97 Å². The molecule has 1 N–H and O–H groups in total. The number of carboxylic acid groups (broad SMARTS) is 1. The molecule has 0 saturated heterocycles. The van der Waals surface area contributed by atoms with Crippen LogP contribution in [-0.4, -0.2) is 11.1 Å². The number of carboxylic acids is 1. The number of rotatable bonds is 3. The van der Waals surface area contributed by atoms with E-state index in [1.54, 1.807) is 12.1 Å². The van der Waals surface area contributed by atoms with Crippen molar-refractivity contribution in [1.82, 2.24) is 0 Å². The molecule has 0 aliphatic carbocycles. The number of hydrogen-bond acceptors (Lipinski definition) is 1. The molecule has 1 aromatic carbocycles. The second-order valence-corrected chi connectivity index (χ2v) is 2.71. The van der Waals surface area contributed by atoms with E-state index in [9.17, 15) is 9.18 Å². The summed E-state index contributed by atoms with van der Waals surface area (Å²) in [4.78, 5) is 10.4. The molecule has 3 heteroatoms. The highest BCUT2D eigenvalue weighted by atomic mass is 19.1. The summed E-state index contributed by atoms with van der Waals surface area (Å²) in [6.45, 7) is 3.38. The molecule has 2 nitrogen and oxygen atoms in total. The molecule has 13 heavy (non-hydrogen) atoms. The van der Waals surface area contributed by atoms with Crippen LogP contribution in [0.2, 0.25) is 0 Å². The molecule has 0 aliphatic heterocycles. The highest BCUT2D eigenvalue weighted by Gasteiger charge is 2.04. The predicted molar refractivity (Wildman–Crippen MR) is 46.9 cm³/mol. The first kappa shape index (κ1) is 9.45. The van der Waals surface area contributed by atoms with Gasteiger partial charge in [-0.1, -0.05) is 18.7 Å². The lowest BCUT2D eigenvalue weighted by Crippen LogP contribution is -2.01. The summed E-state index contributed by atoms with van der Waals surface area (Å²) in [5, 5.41) is 8.52. The van der Waals surface area contributed by atoms with Crippen LogP contribution in [0.25, 0.3) is 0 Å². The van der Waals surface area contributed by atoms with Crippen molar-refractivity contribution in [1.29, 1.82) is 0 Å². The van der Waals surface area contributed by atoms with Crippen LogP contribution in [0.5, 0.6) is 0 Å². The number of aliphatic carboxylic acids is 1. The maximum absolute atomic E-state index is 12.4. The van der Waals surface area contributed by atoms with E-state index in [4.69, 9.17) is 5.11 Å². The highest BCUT2D eigenvalue weighted by Crippen LogP contribution is 2.07. The van der Waals surface area contributed by atoms with Gasteiger partial charge >= 0.3 is 5.97 Å². The van der Waals surface area contributed by atoms with Crippen molar-refractivity contribution in [3.63, 3.8) is 0 Å². The van der Waals surface area contributed by atoms with E-state index in [-0.39, 0.29) is 17.8 Å². The Morgan fingerprint density at radius 2 is 1.92 bits per heavy atom. The molecule has 0 fully saturated rings. The predicted octanol–water partition coefficient (Wildman–Crippen LogP) is 2.01. The fraction of sp³-hybridized carbons (Fsp3) is 0.100. The van der Waals surface area contributed by atoms with Crippen molar-refractivity contribution in [3.8, 4) is 0 Å². The van der Waals surface area contributed by atoms with Gasteiger partial charge in [-0.15, -0.1) is 0 Å². The van der Waals surface area contributed by atoms with Gasteiger partial charge in [-0.2, -0.15) is 0 Å². The van der Waals surface area contributed by atoms with Crippen LogP contribution in [0, 0.1) is 5.82 Å². The van der Waals surface area contributed by atoms with E-state index in [1.807, 2.05) is 0 Å². The zero-order valence-electron chi connectivity index (χ0n) is 6.96. The second kappa shape index (κ2) is 3.85. The topological polar surface area (TPSA) is 37.3 Å². The summed E-state index contributed by atoms with van der Waals surface area (Å²) in [6.07, 6.45) is 0.246. The Labute approximate surface area is 75.3 Å². The molecule has 1 aromatic rings. The number of hydrogen-bond donors (Lipinski definition) is 1. The first-order valence-corrected chi connectivity index (χ1v) is 3.75. The third kappa shape index (κ3) is 2.71. The van der Waals surface area contributed by atoms with E-state index in [2.05, 4.69) is 6.58 Å². The monoisotopic (exact) mass is 180 g/mol. The molecule has 0 saturated carbocycles. The molecular formula is C10H9FO2. The second-order valence-electron chi connectivity index (χ2n) is 2.71. The fourth-order valence-electron chi connectivity index (χ4n) is 0.924. The zero-order valence-corrected chi connectivity index (χ0v) is 6.96. The Bertz CT molecular complexity index is 327. The Balaban J connectivity index is 2.70. The minimum Gasteiger partial charge on any atom is -0.478 e. The van der Waals surface area contributed by atoms with Gasteiger partial charge in [0.25, 0.3) is 0 Å². The van der Waals surface area contributed by atoms with Crippen molar-refractivity contribution in [2.75, 3.05) is 0 Å². The van der Waals surface area contributed by atoms with E-state index >= 15 is 0 Å².